The van der Waals surface area contributed by atoms with Crippen LogP contribution in [0.2, 0.25) is 0 Å². The van der Waals surface area contributed by atoms with Gasteiger partial charge in [-0.1, -0.05) is 13.3 Å². The molecule has 0 aromatic heterocycles. The molecule has 22 heavy (non-hydrogen) atoms. The maximum Gasteiger partial charge on any atom is 0.317 e. The smallest absolute Gasteiger partial charge is 0.317 e. The van der Waals surface area contributed by atoms with Gasteiger partial charge in [0.1, 0.15) is 0 Å². The Kier molecular flexibility index (Phi) is 6.96. The van der Waals surface area contributed by atoms with Crippen LogP contribution in [-0.2, 0) is 0 Å². The van der Waals surface area contributed by atoms with E-state index in [1.807, 2.05) is 11.8 Å². The van der Waals surface area contributed by atoms with E-state index in [0.29, 0.717) is 12.6 Å². The zero-order valence-electron chi connectivity index (χ0n) is 14.3. The maximum absolute atomic E-state index is 12.4. The van der Waals surface area contributed by atoms with Gasteiger partial charge in [0.2, 0.25) is 0 Å². The number of unbranched alkanes of at least 4 members (excludes halogenated alkanes) is 1. The second-order valence-corrected chi connectivity index (χ2v) is 7.01. The number of carbonyl (C=O) groups excluding carboxylic acids is 1. The number of hydrogen-bond acceptors (Lipinski definition) is 3. The van der Waals surface area contributed by atoms with Crippen LogP contribution in [-0.4, -0.2) is 65.8 Å². The van der Waals surface area contributed by atoms with E-state index in [1.54, 1.807) is 0 Å². The molecule has 0 radical (unpaired) electrons. The van der Waals surface area contributed by atoms with Crippen molar-refractivity contribution in [2.24, 2.45) is 5.92 Å². The number of rotatable bonds is 5. The molecule has 2 unspecified atom stereocenters. The first-order valence-corrected chi connectivity index (χ1v) is 9.06. The molecular formula is C17H33N3O2. The summed E-state index contributed by atoms with van der Waals surface area (Å²) in [6, 6.07) is 0.384. The third-order valence-electron chi connectivity index (χ3n) is 5.17. The number of likely N-dealkylation sites (tertiary alicyclic amines) is 2. The molecule has 2 atom stereocenters. The molecule has 2 aliphatic rings. The topological polar surface area (TPSA) is 55.8 Å². The molecule has 0 saturated carbocycles. The van der Waals surface area contributed by atoms with Crippen molar-refractivity contribution in [1.29, 1.82) is 0 Å². The van der Waals surface area contributed by atoms with Gasteiger partial charge >= 0.3 is 6.03 Å². The molecule has 2 rings (SSSR count). The van der Waals surface area contributed by atoms with Crippen molar-refractivity contribution in [2.75, 3.05) is 32.7 Å². The predicted molar refractivity (Wildman–Crippen MR) is 88.9 cm³/mol. The van der Waals surface area contributed by atoms with Crippen LogP contribution < -0.4 is 5.32 Å². The fourth-order valence-electron chi connectivity index (χ4n) is 3.54. The van der Waals surface area contributed by atoms with Crippen LogP contribution in [0.3, 0.4) is 0 Å². The lowest BCUT2D eigenvalue weighted by atomic mass is 9.93. The van der Waals surface area contributed by atoms with Crippen molar-refractivity contribution in [3.63, 3.8) is 0 Å². The number of urea groups is 1. The van der Waals surface area contributed by atoms with Crippen molar-refractivity contribution >= 4 is 6.03 Å². The number of aliphatic hydroxyl groups excluding tert-OH is 1. The summed E-state index contributed by atoms with van der Waals surface area (Å²) in [6.07, 6.45) is 6.33. The van der Waals surface area contributed by atoms with Crippen LogP contribution in [0.25, 0.3) is 0 Å². The summed E-state index contributed by atoms with van der Waals surface area (Å²) in [6.45, 7) is 8.97. The summed E-state index contributed by atoms with van der Waals surface area (Å²) < 4.78 is 0. The van der Waals surface area contributed by atoms with E-state index in [2.05, 4.69) is 17.1 Å². The van der Waals surface area contributed by atoms with E-state index < -0.39 is 0 Å². The lowest BCUT2D eigenvalue weighted by molar-refractivity contribution is 0.0724. The highest BCUT2D eigenvalue weighted by atomic mass is 16.3. The van der Waals surface area contributed by atoms with Crippen LogP contribution in [0.1, 0.15) is 52.4 Å². The first-order valence-electron chi connectivity index (χ1n) is 9.06. The molecule has 128 valence electrons. The summed E-state index contributed by atoms with van der Waals surface area (Å²) in [4.78, 5) is 16.8. The van der Waals surface area contributed by atoms with E-state index in [-0.39, 0.29) is 18.1 Å². The SMILES string of the molecule is CCCCN1CCC(NC(=O)N2CCCC(C(C)O)C2)CC1. The number of aliphatic hydroxyl groups is 1. The lowest BCUT2D eigenvalue weighted by Gasteiger charge is -2.37. The molecule has 0 bridgehead atoms. The molecule has 2 N–H and O–H groups in total. The van der Waals surface area contributed by atoms with Gasteiger partial charge in [0, 0.05) is 38.1 Å². The molecule has 0 aromatic carbocycles. The van der Waals surface area contributed by atoms with Gasteiger partial charge in [0.25, 0.3) is 0 Å². The average Bonchev–Trinajstić information content (AvgIpc) is 2.54. The summed E-state index contributed by atoms with van der Waals surface area (Å²) in [5.41, 5.74) is 0. The second-order valence-electron chi connectivity index (χ2n) is 7.01. The van der Waals surface area contributed by atoms with Crippen molar-refractivity contribution < 1.29 is 9.90 Å². The summed E-state index contributed by atoms with van der Waals surface area (Å²) in [5, 5.41) is 12.9. The van der Waals surface area contributed by atoms with Crippen LogP contribution in [0.4, 0.5) is 4.79 Å². The average molecular weight is 311 g/mol. The number of piperidine rings is 2. The largest absolute Gasteiger partial charge is 0.393 e. The van der Waals surface area contributed by atoms with Gasteiger partial charge in [-0.3, -0.25) is 0 Å². The Labute approximate surface area is 135 Å². The minimum atomic E-state index is -0.322. The highest BCUT2D eigenvalue weighted by molar-refractivity contribution is 5.74. The van der Waals surface area contributed by atoms with E-state index in [4.69, 9.17) is 0 Å². The Bertz CT molecular complexity index is 341. The molecule has 2 fully saturated rings. The monoisotopic (exact) mass is 311 g/mol. The molecule has 0 spiro atoms. The number of carbonyl (C=O) groups is 1. The Morgan fingerprint density at radius 1 is 1.27 bits per heavy atom. The van der Waals surface area contributed by atoms with Crippen molar-refractivity contribution in [3.8, 4) is 0 Å². The van der Waals surface area contributed by atoms with Gasteiger partial charge in [-0.25, -0.2) is 4.79 Å². The lowest BCUT2D eigenvalue weighted by Crippen LogP contribution is -2.52. The van der Waals surface area contributed by atoms with Crippen LogP contribution in [0, 0.1) is 5.92 Å². The minimum Gasteiger partial charge on any atom is -0.393 e. The van der Waals surface area contributed by atoms with Gasteiger partial charge in [-0.05, 0) is 45.6 Å². The molecule has 2 aliphatic heterocycles. The first-order chi connectivity index (χ1) is 10.6. The van der Waals surface area contributed by atoms with Crippen molar-refractivity contribution in [2.45, 2.75) is 64.5 Å². The first kappa shape index (κ1) is 17.5. The normalized spacial score (nSPS) is 26.0. The Balaban J connectivity index is 1.71. The maximum atomic E-state index is 12.4. The molecule has 0 aromatic rings. The zero-order chi connectivity index (χ0) is 15.9. The van der Waals surface area contributed by atoms with Gasteiger partial charge in [-0.15, -0.1) is 0 Å². The van der Waals surface area contributed by atoms with Crippen LogP contribution >= 0.6 is 0 Å². The molecular weight excluding hydrogens is 278 g/mol. The number of hydrogen-bond donors (Lipinski definition) is 2. The van der Waals surface area contributed by atoms with Crippen molar-refractivity contribution in [3.05, 3.63) is 0 Å². The van der Waals surface area contributed by atoms with E-state index in [9.17, 15) is 9.90 Å². The van der Waals surface area contributed by atoms with Gasteiger partial charge in [0.15, 0.2) is 0 Å². The summed E-state index contributed by atoms with van der Waals surface area (Å²) >= 11 is 0. The Hall–Kier alpha value is -0.810. The van der Waals surface area contributed by atoms with E-state index >= 15 is 0 Å². The number of amides is 2. The Morgan fingerprint density at radius 2 is 2.00 bits per heavy atom. The third kappa shape index (κ3) is 5.13. The fourth-order valence-corrected chi connectivity index (χ4v) is 3.54. The zero-order valence-corrected chi connectivity index (χ0v) is 14.3. The third-order valence-corrected chi connectivity index (χ3v) is 5.17. The molecule has 5 nitrogen and oxygen atoms in total. The summed E-state index contributed by atoms with van der Waals surface area (Å²) in [5.74, 6) is 0.232. The molecule has 5 heteroatoms. The quantitative estimate of drug-likeness (QED) is 0.817. The summed E-state index contributed by atoms with van der Waals surface area (Å²) in [7, 11) is 0. The standard InChI is InChI=1S/C17H33N3O2/c1-3-4-9-19-11-7-16(8-12-19)18-17(22)20-10-5-6-15(13-20)14(2)21/h14-16,21H,3-13H2,1-2H3,(H,18,22). The number of nitrogens with zero attached hydrogens (tertiary/aromatic N) is 2. The van der Waals surface area contributed by atoms with E-state index in [0.717, 1.165) is 45.3 Å². The van der Waals surface area contributed by atoms with Crippen LogP contribution in [0.15, 0.2) is 0 Å². The number of nitrogens with one attached hydrogen (secondary N) is 1. The molecule has 0 aliphatic carbocycles. The molecule has 2 saturated heterocycles. The van der Waals surface area contributed by atoms with Gasteiger partial charge in [0.05, 0.1) is 6.10 Å². The Morgan fingerprint density at radius 3 is 2.64 bits per heavy atom. The van der Waals surface area contributed by atoms with Gasteiger partial charge < -0.3 is 20.2 Å². The van der Waals surface area contributed by atoms with E-state index in [1.165, 1.54) is 19.4 Å². The highest BCUT2D eigenvalue weighted by Gasteiger charge is 2.28. The fraction of sp³-hybridized carbons (Fsp3) is 0.941. The minimum absolute atomic E-state index is 0.0670. The predicted octanol–water partition coefficient (Wildman–Crippen LogP) is 2.05. The highest BCUT2D eigenvalue weighted by Crippen LogP contribution is 2.20. The molecule has 2 heterocycles. The second kappa shape index (κ2) is 8.73. The van der Waals surface area contributed by atoms with Gasteiger partial charge in [-0.2, -0.15) is 0 Å². The molecule has 2 amide bonds. The van der Waals surface area contributed by atoms with Crippen molar-refractivity contribution in [1.82, 2.24) is 15.1 Å². The van der Waals surface area contributed by atoms with Crippen LogP contribution in [0.5, 0.6) is 0 Å².